The highest BCUT2D eigenvalue weighted by Gasteiger charge is 2.08. The van der Waals surface area contributed by atoms with Crippen molar-refractivity contribution in [2.45, 2.75) is 51.4 Å². The first-order valence-corrected chi connectivity index (χ1v) is 6.12. The third kappa shape index (κ3) is 11.1. The predicted octanol–water partition coefficient (Wildman–Crippen LogP) is 1.25. The van der Waals surface area contributed by atoms with Crippen LogP contribution in [-0.2, 0) is 19.1 Å². The molecule has 2 N–H and O–H groups in total. The number of carbonyl (C=O) groups excluding carboxylic acids is 2. The smallest absolute Gasteiger partial charge is 0.339 e. The number of carboxylic acid groups (broad SMARTS) is 1. The van der Waals surface area contributed by atoms with Crippen molar-refractivity contribution < 1.29 is 29.3 Å². The zero-order valence-corrected chi connectivity index (χ0v) is 10.4. The van der Waals surface area contributed by atoms with Crippen LogP contribution in [0.4, 0.5) is 0 Å². The first-order valence-electron chi connectivity index (χ1n) is 6.12. The molecule has 0 spiro atoms. The Kier molecular flexibility index (Phi) is 9.86. The Hall–Kier alpha value is -1.43. The highest BCUT2D eigenvalue weighted by molar-refractivity contribution is 5.85. The molecule has 0 aliphatic carbocycles. The molecule has 104 valence electrons. The number of esters is 2. The van der Waals surface area contributed by atoms with Gasteiger partial charge in [-0.05, 0) is 12.8 Å². The predicted molar refractivity (Wildman–Crippen MR) is 62.8 cm³/mol. The maximum absolute atomic E-state index is 11.0. The molecule has 0 amide bonds. The molecule has 0 saturated heterocycles. The standard InChI is InChI=1S/C12H20O6/c13-9-12(17)18-11(16)8-6-4-2-1-3-5-7-10(14)15/h13H,1-9H2,(H,14,15). The lowest BCUT2D eigenvalue weighted by molar-refractivity contribution is -0.161. The van der Waals surface area contributed by atoms with Crippen molar-refractivity contribution in [1.82, 2.24) is 0 Å². The van der Waals surface area contributed by atoms with Crippen LogP contribution in [0.15, 0.2) is 0 Å². The number of unbranched alkanes of at least 4 members (excludes halogenated alkanes) is 5. The van der Waals surface area contributed by atoms with Crippen LogP contribution in [0.1, 0.15) is 51.4 Å². The Labute approximate surface area is 106 Å². The van der Waals surface area contributed by atoms with Crippen LogP contribution in [0.25, 0.3) is 0 Å². The van der Waals surface area contributed by atoms with Crippen molar-refractivity contribution in [2.75, 3.05) is 6.61 Å². The molecule has 0 saturated carbocycles. The molecule has 0 aliphatic rings. The van der Waals surface area contributed by atoms with E-state index in [2.05, 4.69) is 4.74 Å². The summed E-state index contributed by atoms with van der Waals surface area (Å²) in [5.41, 5.74) is 0. The molecule has 0 aromatic heterocycles. The van der Waals surface area contributed by atoms with E-state index in [1.807, 2.05) is 0 Å². The van der Waals surface area contributed by atoms with E-state index >= 15 is 0 Å². The van der Waals surface area contributed by atoms with E-state index in [0.29, 0.717) is 12.8 Å². The number of aliphatic carboxylic acids is 1. The fraction of sp³-hybridized carbons (Fsp3) is 0.750. The van der Waals surface area contributed by atoms with Gasteiger partial charge in [0.2, 0.25) is 0 Å². The second-order valence-electron chi connectivity index (χ2n) is 4.02. The Bertz CT molecular complexity index is 274. The number of aliphatic hydroxyl groups excluding tert-OH is 1. The number of carbonyl (C=O) groups is 3. The van der Waals surface area contributed by atoms with Crippen LogP contribution in [0, 0.1) is 0 Å². The molecule has 0 aliphatic heterocycles. The third-order valence-electron chi connectivity index (χ3n) is 2.38. The second kappa shape index (κ2) is 10.7. The summed E-state index contributed by atoms with van der Waals surface area (Å²) in [4.78, 5) is 31.8. The van der Waals surface area contributed by atoms with Gasteiger partial charge in [-0.1, -0.05) is 25.7 Å². The van der Waals surface area contributed by atoms with Gasteiger partial charge < -0.3 is 14.9 Å². The van der Waals surface area contributed by atoms with Gasteiger partial charge in [-0.3, -0.25) is 9.59 Å². The third-order valence-corrected chi connectivity index (χ3v) is 2.38. The molecule has 0 radical (unpaired) electrons. The molecule has 0 bridgehead atoms. The van der Waals surface area contributed by atoms with E-state index < -0.39 is 24.5 Å². The molecule has 6 heteroatoms. The normalized spacial score (nSPS) is 10.1. The summed E-state index contributed by atoms with van der Waals surface area (Å²) in [6.07, 6.45) is 5.28. The Morgan fingerprint density at radius 3 is 1.78 bits per heavy atom. The fourth-order valence-corrected chi connectivity index (χ4v) is 1.46. The number of hydrogen-bond acceptors (Lipinski definition) is 5. The molecular formula is C12H20O6. The molecule has 0 unspecified atom stereocenters. The fourth-order valence-electron chi connectivity index (χ4n) is 1.46. The Morgan fingerprint density at radius 1 is 0.778 bits per heavy atom. The van der Waals surface area contributed by atoms with Crippen molar-refractivity contribution in [2.24, 2.45) is 0 Å². The number of aliphatic hydroxyl groups is 1. The van der Waals surface area contributed by atoms with Gasteiger partial charge in [0, 0.05) is 12.8 Å². The lowest BCUT2D eigenvalue weighted by Gasteiger charge is -2.01. The summed E-state index contributed by atoms with van der Waals surface area (Å²) in [6, 6.07) is 0. The van der Waals surface area contributed by atoms with E-state index in [9.17, 15) is 14.4 Å². The van der Waals surface area contributed by atoms with Gasteiger partial charge in [0.1, 0.15) is 6.61 Å². The van der Waals surface area contributed by atoms with E-state index in [4.69, 9.17) is 10.2 Å². The van der Waals surface area contributed by atoms with Gasteiger partial charge in [-0.15, -0.1) is 0 Å². The molecule has 0 atom stereocenters. The summed E-state index contributed by atoms with van der Waals surface area (Å²) in [6.45, 7) is -0.782. The van der Waals surface area contributed by atoms with Crippen molar-refractivity contribution >= 4 is 17.9 Å². The Balaban J connectivity index is 3.27. The number of hydrogen-bond donors (Lipinski definition) is 2. The Morgan fingerprint density at radius 2 is 1.28 bits per heavy atom. The van der Waals surface area contributed by atoms with Crippen molar-refractivity contribution in [3.8, 4) is 0 Å². The van der Waals surface area contributed by atoms with E-state index in [1.165, 1.54) is 0 Å². The van der Waals surface area contributed by atoms with Crippen LogP contribution < -0.4 is 0 Å². The molecular weight excluding hydrogens is 240 g/mol. The maximum Gasteiger partial charge on any atom is 0.339 e. The first kappa shape index (κ1) is 16.6. The van der Waals surface area contributed by atoms with Gasteiger partial charge in [0.05, 0.1) is 0 Å². The maximum atomic E-state index is 11.0. The van der Waals surface area contributed by atoms with Crippen LogP contribution in [0.2, 0.25) is 0 Å². The average molecular weight is 260 g/mol. The molecule has 0 rings (SSSR count). The molecule has 0 aromatic carbocycles. The van der Waals surface area contributed by atoms with Crippen LogP contribution in [0.3, 0.4) is 0 Å². The highest BCUT2D eigenvalue weighted by atomic mass is 16.6. The minimum atomic E-state index is -0.923. The summed E-state index contributed by atoms with van der Waals surface area (Å²) < 4.78 is 4.28. The number of carboxylic acids is 1. The van der Waals surface area contributed by atoms with E-state index in [0.717, 1.165) is 25.7 Å². The van der Waals surface area contributed by atoms with Crippen molar-refractivity contribution in [1.29, 1.82) is 0 Å². The quantitative estimate of drug-likeness (QED) is 0.348. The SMILES string of the molecule is O=C(O)CCCCCCCCC(=O)OC(=O)CO. The van der Waals surface area contributed by atoms with Gasteiger partial charge in [0.15, 0.2) is 0 Å². The van der Waals surface area contributed by atoms with Gasteiger partial charge in [-0.2, -0.15) is 0 Å². The van der Waals surface area contributed by atoms with Crippen LogP contribution in [0.5, 0.6) is 0 Å². The minimum Gasteiger partial charge on any atom is -0.481 e. The lowest BCUT2D eigenvalue weighted by Crippen LogP contribution is -2.14. The molecule has 18 heavy (non-hydrogen) atoms. The lowest BCUT2D eigenvalue weighted by atomic mass is 10.1. The molecule has 6 nitrogen and oxygen atoms in total. The summed E-state index contributed by atoms with van der Waals surface area (Å²) in [5, 5.41) is 16.8. The van der Waals surface area contributed by atoms with Crippen LogP contribution in [-0.4, -0.2) is 34.7 Å². The largest absolute Gasteiger partial charge is 0.481 e. The first-order chi connectivity index (χ1) is 8.56. The summed E-state index contributed by atoms with van der Waals surface area (Å²) in [5.74, 6) is -2.31. The average Bonchev–Trinajstić information content (AvgIpc) is 2.31. The molecule has 0 fully saturated rings. The zero-order chi connectivity index (χ0) is 13.8. The van der Waals surface area contributed by atoms with Crippen molar-refractivity contribution in [3.05, 3.63) is 0 Å². The number of rotatable bonds is 10. The van der Waals surface area contributed by atoms with Gasteiger partial charge in [0.25, 0.3) is 0 Å². The van der Waals surface area contributed by atoms with E-state index in [-0.39, 0.29) is 12.8 Å². The molecule has 0 heterocycles. The highest BCUT2D eigenvalue weighted by Crippen LogP contribution is 2.09. The summed E-state index contributed by atoms with van der Waals surface area (Å²) >= 11 is 0. The zero-order valence-electron chi connectivity index (χ0n) is 10.4. The summed E-state index contributed by atoms with van der Waals surface area (Å²) in [7, 11) is 0. The minimum absolute atomic E-state index is 0.168. The monoisotopic (exact) mass is 260 g/mol. The second-order valence-corrected chi connectivity index (χ2v) is 4.02. The number of ether oxygens (including phenoxy) is 1. The van der Waals surface area contributed by atoms with E-state index in [1.54, 1.807) is 0 Å². The van der Waals surface area contributed by atoms with Gasteiger partial charge >= 0.3 is 17.9 Å². The topological polar surface area (TPSA) is 101 Å². The molecule has 0 aromatic rings. The van der Waals surface area contributed by atoms with Gasteiger partial charge in [-0.25, -0.2) is 4.79 Å². The van der Waals surface area contributed by atoms with Crippen LogP contribution >= 0.6 is 0 Å². The van der Waals surface area contributed by atoms with Crippen molar-refractivity contribution in [3.63, 3.8) is 0 Å².